The zero-order chi connectivity index (χ0) is 14.7. The molecule has 1 N–H and O–H groups in total. The molecule has 20 heavy (non-hydrogen) atoms. The number of halogens is 3. The van der Waals surface area contributed by atoms with Gasteiger partial charge in [0, 0.05) is 8.95 Å². The minimum absolute atomic E-state index is 0.0915. The highest BCUT2D eigenvalue weighted by Gasteiger charge is 2.14. The fourth-order valence-electron chi connectivity index (χ4n) is 1.58. The van der Waals surface area contributed by atoms with Crippen molar-refractivity contribution in [2.24, 2.45) is 0 Å². The van der Waals surface area contributed by atoms with Crippen molar-refractivity contribution < 1.29 is 9.18 Å². The second kappa shape index (κ2) is 6.16. The number of benzene rings is 2. The van der Waals surface area contributed by atoms with Crippen molar-refractivity contribution in [3.8, 4) is 6.07 Å². The Kier molecular flexibility index (Phi) is 4.53. The highest BCUT2D eigenvalue weighted by atomic mass is 79.9. The predicted molar refractivity (Wildman–Crippen MR) is 80.9 cm³/mol. The van der Waals surface area contributed by atoms with E-state index in [0.29, 0.717) is 15.7 Å². The van der Waals surface area contributed by atoms with Crippen molar-refractivity contribution in [3.63, 3.8) is 0 Å². The van der Waals surface area contributed by atoms with Crippen LogP contribution in [-0.2, 0) is 0 Å². The van der Waals surface area contributed by atoms with E-state index in [1.807, 2.05) is 6.07 Å². The Labute approximate surface area is 131 Å². The Morgan fingerprint density at radius 2 is 1.80 bits per heavy atom. The first-order valence-corrected chi connectivity index (χ1v) is 7.06. The molecule has 0 spiro atoms. The first-order chi connectivity index (χ1) is 9.51. The van der Waals surface area contributed by atoms with Crippen LogP contribution in [0, 0.1) is 17.1 Å². The maximum absolute atomic E-state index is 13.6. The molecule has 2 aromatic rings. The lowest BCUT2D eigenvalue weighted by Crippen LogP contribution is -2.14. The van der Waals surface area contributed by atoms with Gasteiger partial charge in [0.2, 0.25) is 0 Å². The molecule has 3 nitrogen and oxygen atoms in total. The van der Waals surface area contributed by atoms with Crippen molar-refractivity contribution in [2.75, 3.05) is 5.32 Å². The summed E-state index contributed by atoms with van der Waals surface area (Å²) in [5, 5.41) is 11.6. The van der Waals surface area contributed by atoms with Crippen molar-refractivity contribution in [3.05, 3.63) is 62.3 Å². The number of hydrogen-bond donors (Lipinski definition) is 1. The van der Waals surface area contributed by atoms with Gasteiger partial charge in [0.25, 0.3) is 5.91 Å². The zero-order valence-corrected chi connectivity index (χ0v) is 13.1. The van der Waals surface area contributed by atoms with Crippen LogP contribution in [0.5, 0.6) is 0 Å². The minimum atomic E-state index is -0.624. The second-order valence-electron chi connectivity index (χ2n) is 3.88. The van der Waals surface area contributed by atoms with Crippen LogP contribution in [-0.4, -0.2) is 5.91 Å². The Morgan fingerprint density at radius 3 is 2.50 bits per heavy atom. The van der Waals surface area contributed by atoms with Gasteiger partial charge >= 0.3 is 0 Å². The van der Waals surface area contributed by atoms with Crippen LogP contribution in [0.1, 0.15) is 15.9 Å². The molecule has 0 unspecified atom stereocenters. The summed E-state index contributed by atoms with van der Waals surface area (Å²) >= 11 is 6.42. The maximum Gasteiger partial charge on any atom is 0.258 e. The lowest BCUT2D eigenvalue weighted by molar-refractivity contribution is 0.102. The molecule has 0 heterocycles. The predicted octanol–water partition coefficient (Wildman–Crippen LogP) is 4.47. The van der Waals surface area contributed by atoms with E-state index < -0.39 is 11.7 Å². The van der Waals surface area contributed by atoms with Gasteiger partial charge in [0.1, 0.15) is 11.9 Å². The SMILES string of the molecule is N#Cc1cc(Br)ccc1NC(=O)c1cc(Br)ccc1F. The molecule has 0 aromatic heterocycles. The topological polar surface area (TPSA) is 52.9 Å². The summed E-state index contributed by atoms with van der Waals surface area (Å²) in [6.45, 7) is 0. The molecule has 0 aliphatic heterocycles. The van der Waals surface area contributed by atoms with E-state index >= 15 is 0 Å². The number of carbonyl (C=O) groups excluding carboxylic acids is 1. The average Bonchev–Trinajstić information content (AvgIpc) is 2.43. The number of hydrogen-bond acceptors (Lipinski definition) is 2. The Bertz CT molecular complexity index is 726. The number of nitriles is 1. The van der Waals surface area contributed by atoms with Crippen LogP contribution in [0.25, 0.3) is 0 Å². The number of nitrogens with one attached hydrogen (secondary N) is 1. The first-order valence-electron chi connectivity index (χ1n) is 5.47. The van der Waals surface area contributed by atoms with Gasteiger partial charge in [-0.15, -0.1) is 0 Å². The molecule has 0 radical (unpaired) electrons. The Balaban J connectivity index is 2.33. The molecule has 0 atom stereocenters. The summed E-state index contributed by atoms with van der Waals surface area (Å²) in [7, 11) is 0. The lowest BCUT2D eigenvalue weighted by atomic mass is 10.1. The molecule has 100 valence electrons. The minimum Gasteiger partial charge on any atom is -0.321 e. The van der Waals surface area contributed by atoms with Crippen LogP contribution >= 0.6 is 31.9 Å². The number of carbonyl (C=O) groups is 1. The van der Waals surface area contributed by atoms with Crippen LogP contribution < -0.4 is 5.32 Å². The number of amides is 1. The normalized spacial score (nSPS) is 9.90. The van der Waals surface area contributed by atoms with E-state index in [1.165, 1.54) is 18.2 Å². The highest BCUT2D eigenvalue weighted by molar-refractivity contribution is 9.10. The molecular formula is C14H7Br2FN2O. The van der Waals surface area contributed by atoms with Gasteiger partial charge in [-0.3, -0.25) is 4.79 Å². The van der Waals surface area contributed by atoms with Crippen LogP contribution in [0.3, 0.4) is 0 Å². The van der Waals surface area contributed by atoms with Gasteiger partial charge in [-0.1, -0.05) is 31.9 Å². The molecule has 1 amide bonds. The Morgan fingerprint density at radius 1 is 1.15 bits per heavy atom. The van der Waals surface area contributed by atoms with Gasteiger partial charge in [0.05, 0.1) is 16.8 Å². The van der Waals surface area contributed by atoms with E-state index in [1.54, 1.807) is 18.2 Å². The zero-order valence-electron chi connectivity index (χ0n) is 9.95. The number of nitrogens with zero attached hydrogens (tertiary/aromatic N) is 1. The monoisotopic (exact) mass is 396 g/mol. The van der Waals surface area contributed by atoms with Gasteiger partial charge in [-0.2, -0.15) is 5.26 Å². The van der Waals surface area contributed by atoms with E-state index in [4.69, 9.17) is 5.26 Å². The molecule has 0 aliphatic carbocycles. The fraction of sp³-hybridized carbons (Fsp3) is 0. The third kappa shape index (κ3) is 3.24. The van der Waals surface area contributed by atoms with Crippen molar-refractivity contribution in [1.29, 1.82) is 5.26 Å². The third-order valence-corrected chi connectivity index (χ3v) is 3.51. The molecule has 0 aliphatic rings. The van der Waals surface area contributed by atoms with Crippen LogP contribution in [0.15, 0.2) is 45.3 Å². The van der Waals surface area contributed by atoms with E-state index in [0.717, 1.165) is 4.47 Å². The molecule has 0 saturated carbocycles. The molecule has 0 fully saturated rings. The number of rotatable bonds is 2. The Hall–Kier alpha value is -1.71. The van der Waals surface area contributed by atoms with Crippen molar-refractivity contribution in [2.45, 2.75) is 0 Å². The quantitative estimate of drug-likeness (QED) is 0.812. The third-order valence-electron chi connectivity index (χ3n) is 2.52. The summed E-state index contributed by atoms with van der Waals surface area (Å²) in [4.78, 5) is 12.0. The van der Waals surface area contributed by atoms with Crippen molar-refractivity contribution >= 4 is 43.5 Å². The van der Waals surface area contributed by atoms with Gasteiger partial charge in [-0.05, 0) is 36.4 Å². The average molecular weight is 398 g/mol. The highest BCUT2D eigenvalue weighted by Crippen LogP contribution is 2.22. The van der Waals surface area contributed by atoms with Gasteiger partial charge in [-0.25, -0.2) is 4.39 Å². The summed E-state index contributed by atoms with van der Waals surface area (Å²) in [6, 6.07) is 10.9. The van der Waals surface area contributed by atoms with E-state index in [9.17, 15) is 9.18 Å². The van der Waals surface area contributed by atoms with E-state index in [2.05, 4.69) is 37.2 Å². The number of anilines is 1. The summed E-state index contributed by atoms with van der Waals surface area (Å²) in [5.41, 5.74) is 0.536. The molecule has 0 saturated heterocycles. The van der Waals surface area contributed by atoms with Crippen LogP contribution in [0.2, 0.25) is 0 Å². The second-order valence-corrected chi connectivity index (χ2v) is 5.71. The molecule has 6 heteroatoms. The molecule has 2 rings (SSSR count). The fourth-order valence-corrected chi connectivity index (χ4v) is 2.30. The van der Waals surface area contributed by atoms with Crippen molar-refractivity contribution in [1.82, 2.24) is 0 Å². The molecular weight excluding hydrogens is 391 g/mol. The largest absolute Gasteiger partial charge is 0.321 e. The summed E-state index contributed by atoms with van der Waals surface area (Å²) in [5.74, 6) is -1.23. The van der Waals surface area contributed by atoms with Gasteiger partial charge in [0.15, 0.2) is 0 Å². The van der Waals surface area contributed by atoms with Gasteiger partial charge < -0.3 is 5.32 Å². The maximum atomic E-state index is 13.6. The summed E-state index contributed by atoms with van der Waals surface area (Å²) < 4.78 is 14.9. The van der Waals surface area contributed by atoms with E-state index in [-0.39, 0.29) is 5.56 Å². The standard InChI is InChI=1S/C14H7Br2FN2O/c15-9-2-4-13(8(5-9)7-18)19-14(20)11-6-10(16)1-3-12(11)17/h1-6H,(H,19,20). The molecule has 0 bridgehead atoms. The lowest BCUT2D eigenvalue weighted by Gasteiger charge is -2.08. The van der Waals surface area contributed by atoms with Crippen LogP contribution in [0.4, 0.5) is 10.1 Å². The molecule has 2 aromatic carbocycles. The smallest absolute Gasteiger partial charge is 0.258 e. The first kappa shape index (κ1) is 14.7. The summed E-state index contributed by atoms with van der Waals surface area (Å²) in [6.07, 6.45) is 0.